The van der Waals surface area contributed by atoms with Crippen molar-refractivity contribution in [3.05, 3.63) is 99.1 Å². The average Bonchev–Trinajstić information content (AvgIpc) is 3.49. The van der Waals surface area contributed by atoms with E-state index >= 15 is 0 Å². The number of rotatable bonds is 6. The largest absolute Gasteiger partial charge is 0.507 e. The number of Topliss-reactive ketones (excluding diaryl/α,β-unsaturated/α-hetero) is 2. The Morgan fingerprint density at radius 1 is 0.956 bits per heavy atom. The maximum atomic E-state index is 14.1. The molecule has 0 unspecified atom stereocenters. The van der Waals surface area contributed by atoms with Crippen molar-refractivity contribution in [2.45, 2.75) is 40.0 Å². The highest BCUT2D eigenvalue weighted by Crippen LogP contribution is 2.57. The zero-order valence-electron chi connectivity index (χ0n) is 25.4. The Kier molecular flexibility index (Phi) is 6.69. The monoisotopic (exact) mass is 607 g/mol. The van der Waals surface area contributed by atoms with E-state index in [9.17, 15) is 29.4 Å². The fourth-order valence-corrected chi connectivity index (χ4v) is 6.03. The summed E-state index contributed by atoms with van der Waals surface area (Å²) in [5, 5.41) is 25.4. The zero-order valence-corrected chi connectivity index (χ0v) is 25.4. The molecule has 0 radical (unpaired) electrons. The summed E-state index contributed by atoms with van der Waals surface area (Å²) in [5.41, 5.74) is 0.316. The maximum absolute atomic E-state index is 14.1. The van der Waals surface area contributed by atoms with Crippen LogP contribution in [0.2, 0.25) is 0 Å². The molecular weight excluding hydrogens is 578 g/mol. The van der Waals surface area contributed by atoms with Crippen LogP contribution in [0.4, 0.5) is 5.69 Å². The second-order valence-corrected chi connectivity index (χ2v) is 11.3. The van der Waals surface area contributed by atoms with Gasteiger partial charge in [0.1, 0.15) is 45.3 Å². The van der Waals surface area contributed by atoms with Crippen molar-refractivity contribution < 1.29 is 43.3 Å². The van der Waals surface area contributed by atoms with Crippen LogP contribution in [0.3, 0.4) is 0 Å². The summed E-state index contributed by atoms with van der Waals surface area (Å²) < 4.78 is 17.0. The molecule has 0 bridgehead atoms. The third-order valence-electron chi connectivity index (χ3n) is 8.59. The van der Waals surface area contributed by atoms with Crippen molar-refractivity contribution in [3.8, 4) is 23.0 Å². The molecule has 1 aromatic heterocycles. The number of hydrogen-bond donors (Lipinski definition) is 3. The second kappa shape index (κ2) is 10.2. The summed E-state index contributed by atoms with van der Waals surface area (Å²) in [5.74, 6) is -2.32. The molecule has 10 heteroatoms. The van der Waals surface area contributed by atoms with Gasteiger partial charge in [0.2, 0.25) is 5.78 Å². The van der Waals surface area contributed by atoms with Crippen LogP contribution in [0.5, 0.6) is 23.0 Å². The minimum Gasteiger partial charge on any atom is -0.507 e. The lowest BCUT2D eigenvalue weighted by atomic mass is 9.70. The molecule has 45 heavy (non-hydrogen) atoms. The number of methoxy groups -OCH3 is 1. The van der Waals surface area contributed by atoms with Gasteiger partial charge in [-0.1, -0.05) is 0 Å². The summed E-state index contributed by atoms with van der Waals surface area (Å²) >= 11 is 0. The van der Waals surface area contributed by atoms with Crippen LogP contribution in [0.15, 0.2) is 70.0 Å². The molecule has 3 aromatic carbocycles. The number of ketones is 4. The Hall–Kier alpha value is -5.64. The van der Waals surface area contributed by atoms with Gasteiger partial charge in [-0.2, -0.15) is 0 Å². The third kappa shape index (κ3) is 4.24. The van der Waals surface area contributed by atoms with Gasteiger partial charge in [0, 0.05) is 45.6 Å². The number of aromatic hydroxyl groups is 2. The third-order valence-corrected chi connectivity index (χ3v) is 8.59. The number of carbonyl (C=O) groups is 4. The van der Waals surface area contributed by atoms with E-state index < -0.39 is 34.3 Å². The second-order valence-electron chi connectivity index (χ2n) is 11.3. The number of nitrogens with one attached hydrogen (secondary N) is 1. The van der Waals surface area contributed by atoms with Crippen LogP contribution < -0.4 is 14.8 Å². The molecule has 0 spiro atoms. The first-order valence-electron chi connectivity index (χ1n) is 14.1. The molecule has 6 rings (SSSR count). The van der Waals surface area contributed by atoms with Gasteiger partial charge < -0.3 is 29.4 Å². The van der Waals surface area contributed by atoms with Gasteiger partial charge in [-0.25, -0.2) is 0 Å². The van der Waals surface area contributed by atoms with Crippen LogP contribution in [-0.2, 0) is 15.0 Å². The van der Waals surface area contributed by atoms with E-state index in [2.05, 4.69) is 5.32 Å². The Morgan fingerprint density at radius 2 is 1.64 bits per heavy atom. The van der Waals surface area contributed by atoms with Gasteiger partial charge in [0.25, 0.3) is 0 Å². The number of carbonyl (C=O) groups excluding carboxylic acids is 4. The van der Waals surface area contributed by atoms with E-state index in [4.69, 9.17) is 13.9 Å². The van der Waals surface area contributed by atoms with Crippen LogP contribution in [0, 0.1) is 13.8 Å². The molecule has 0 saturated heterocycles. The SMILES string of the molecule is COc1ccc(C(=O)c2oc3cc(N/C(C)=C4\C(=O)C=C5Oc6c(C(C)=O)c(O)c(C)c(O)c6[C@@]5(C)C4=O)ccc3c2C)cc1. The van der Waals surface area contributed by atoms with Gasteiger partial charge in [-0.3, -0.25) is 19.2 Å². The molecule has 2 heterocycles. The van der Waals surface area contributed by atoms with Gasteiger partial charge in [-0.15, -0.1) is 0 Å². The predicted molar refractivity (Wildman–Crippen MR) is 164 cm³/mol. The van der Waals surface area contributed by atoms with Crippen LogP contribution >= 0.6 is 0 Å². The summed E-state index contributed by atoms with van der Waals surface area (Å²) in [6, 6.07) is 11.9. The Labute approximate surface area is 257 Å². The van der Waals surface area contributed by atoms with Crippen molar-refractivity contribution >= 4 is 39.8 Å². The summed E-state index contributed by atoms with van der Waals surface area (Å²) in [6.07, 6.45) is 1.16. The number of benzene rings is 3. The number of furan rings is 1. The summed E-state index contributed by atoms with van der Waals surface area (Å²) in [4.78, 5) is 53.1. The predicted octanol–water partition coefficient (Wildman–Crippen LogP) is 5.97. The number of anilines is 1. The molecule has 0 amide bonds. The first-order chi connectivity index (χ1) is 21.3. The first kappa shape index (κ1) is 29.4. The summed E-state index contributed by atoms with van der Waals surface area (Å²) in [6.45, 7) is 7.53. The van der Waals surface area contributed by atoms with E-state index in [-0.39, 0.29) is 51.0 Å². The number of phenols is 2. The fourth-order valence-electron chi connectivity index (χ4n) is 6.03. The highest BCUT2D eigenvalue weighted by atomic mass is 16.5. The molecular formula is C35H29NO9. The number of allylic oxidation sites excluding steroid dienone is 4. The molecule has 1 aliphatic heterocycles. The molecule has 3 N–H and O–H groups in total. The topological polar surface area (TPSA) is 152 Å². The molecule has 0 saturated carbocycles. The normalized spacial score (nSPS) is 18.2. The van der Waals surface area contributed by atoms with Crippen molar-refractivity contribution in [1.29, 1.82) is 0 Å². The molecule has 1 aliphatic carbocycles. The van der Waals surface area contributed by atoms with E-state index in [1.54, 1.807) is 63.4 Å². The minimum absolute atomic E-state index is 0.0126. The minimum atomic E-state index is -1.63. The van der Waals surface area contributed by atoms with E-state index in [0.717, 1.165) is 11.5 Å². The quantitative estimate of drug-likeness (QED) is 0.136. The fraction of sp³-hybridized carbons (Fsp3) is 0.200. The van der Waals surface area contributed by atoms with Gasteiger partial charge in [0.15, 0.2) is 23.1 Å². The van der Waals surface area contributed by atoms with Crippen LogP contribution in [-0.4, -0.2) is 40.5 Å². The van der Waals surface area contributed by atoms with Crippen molar-refractivity contribution in [1.82, 2.24) is 0 Å². The van der Waals surface area contributed by atoms with Gasteiger partial charge in [-0.05, 0) is 71.0 Å². The highest BCUT2D eigenvalue weighted by Gasteiger charge is 2.56. The van der Waals surface area contributed by atoms with Crippen molar-refractivity contribution in [2.75, 3.05) is 12.4 Å². The Bertz CT molecular complexity index is 2080. The van der Waals surface area contributed by atoms with E-state index in [1.165, 1.54) is 20.8 Å². The number of aryl methyl sites for hydroxylation is 1. The Balaban J connectivity index is 1.37. The number of phenolic OH excluding ortho intramolecular Hbond substituents is 2. The highest BCUT2D eigenvalue weighted by molar-refractivity contribution is 6.31. The van der Waals surface area contributed by atoms with Crippen molar-refractivity contribution in [3.63, 3.8) is 0 Å². The van der Waals surface area contributed by atoms with Gasteiger partial charge in [0.05, 0.1) is 18.2 Å². The van der Waals surface area contributed by atoms with Crippen molar-refractivity contribution in [2.24, 2.45) is 0 Å². The van der Waals surface area contributed by atoms with Crippen LogP contribution in [0.25, 0.3) is 11.0 Å². The zero-order chi connectivity index (χ0) is 32.5. The number of hydrogen-bond acceptors (Lipinski definition) is 10. The smallest absolute Gasteiger partial charge is 0.228 e. The Morgan fingerprint density at radius 3 is 2.29 bits per heavy atom. The molecule has 0 fully saturated rings. The molecule has 1 atom stereocenters. The maximum Gasteiger partial charge on any atom is 0.228 e. The lowest BCUT2D eigenvalue weighted by Crippen LogP contribution is -2.40. The average molecular weight is 608 g/mol. The van der Waals surface area contributed by atoms with Crippen LogP contribution in [0.1, 0.15) is 63.9 Å². The molecule has 4 aromatic rings. The van der Waals surface area contributed by atoms with E-state index in [1.807, 2.05) is 0 Å². The summed E-state index contributed by atoms with van der Waals surface area (Å²) in [7, 11) is 1.54. The molecule has 2 aliphatic rings. The number of ether oxygens (including phenoxy) is 2. The number of fused-ring (bicyclic) bond motifs is 4. The lowest BCUT2D eigenvalue weighted by Gasteiger charge is -2.29. The lowest BCUT2D eigenvalue weighted by molar-refractivity contribution is -0.123. The van der Waals surface area contributed by atoms with Gasteiger partial charge >= 0.3 is 0 Å². The molecule has 228 valence electrons. The molecule has 10 nitrogen and oxygen atoms in total. The first-order valence-corrected chi connectivity index (χ1v) is 14.1. The van der Waals surface area contributed by atoms with E-state index in [0.29, 0.717) is 28.1 Å². The standard InChI is InChI=1S/C35H29NO9/c1-15-22-12-9-20(13-24(22)44-32(15)31(41)19-7-10-21(43-6)11-8-19)36-17(3)26-23(38)14-25-35(5,34(26)42)28-30(40)16(2)29(39)27(18(4)37)33(28)45-25/h7-14,36,39-40H,1-6H3/b26-17+/t35-/m0/s1.